The van der Waals surface area contributed by atoms with Gasteiger partial charge in [0, 0.05) is 12.1 Å². The number of hydrogen-bond acceptors (Lipinski definition) is 3. The molecule has 3 aromatic rings. The third kappa shape index (κ3) is 4.55. The van der Waals surface area contributed by atoms with Crippen LogP contribution in [0.15, 0.2) is 54.6 Å². The van der Waals surface area contributed by atoms with Crippen LogP contribution in [0.1, 0.15) is 15.9 Å². The quantitative estimate of drug-likeness (QED) is 0.565. The van der Waals surface area contributed by atoms with E-state index in [0.29, 0.717) is 22.4 Å². The van der Waals surface area contributed by atoms with Crippen molar-refractivity contribution in [3.8, 4) is 11.1 Å². The van der Waals surface area contributed by atoms with Gasteiger partial charge in [-0.15, -0.1) is 0 Å². The maximum Gasteiger partial charge on any atom is 0.416 e. The van der Waals surface area contributed by atoms with Gasteiger partial charge in [-0.05, 0) is 46.2 Å². The van der Waals surface area contributed by atoms with E-state index in [2.05, 4.69) is 5.32 Å². The van der Waals surface area contributed by atoms with E-state index in [-0.39, 0.29) is 17.7 Å². The monoisotopic (exact) mass is 407 g/mol. The molecule has 0 aromatic heterocycles. The third-order valence-corrected chi connectivity index (χ3v) is 4.41. The Kier molecular flexibility index (Phi) is 5.86. The van der Waals surface area contributed by atoms with Crippen molar-refractivity contribution in [1.29, 1.82) is 0 Å². The highest BCUT2D eigenvalue weighted by Gasteiger charge is 2.31. The van der Waals surface area contributed by atoms with Gasteiger partial charge in [-0.25, -0.2) is 4.39 Å². The lowest BCUT2D eigenvalue weighted by Crippen LogP contribution is -2.33. The summed E-state index contributed by atoms with van der Waals surface area (Å²) in [5.74, 6) is -1.53. The number of halogens is 4. The van der Waals surface area contributed by atoms with Crippen LogP contribution in [0, 0.1) is 5.82 Å². The molecule has 8 heteroatoms. The number of carbonyl (C=O) groups excluding carboxylic acids is 1. The Morgan fingerprint density at radius 1 is 1.03 bits per heavy atom. The predicted octanol–water partition coefficient (Wildman–Crippen LogP) is 3.75. The van der Waals surface area contributed by atoms with Crippen LogP contribution >= 0.6 is 0 Å². The second-order valence-corrected chi connectivity index (χ2v) is 6.48. The molecule has 1 amide bonds. The first-order valence-electron chi connectivity index (χ1n) is 8.67. The number of nitrogens with one attached hydrogen (secondary N) is 1. The zero-order valence-electron chi connectivity index (χ0n) is 15.0. The van der Waals surface area contributed by atoms with Crippen LogP contribution in [0.5, 0.6) is 0 Å². The van der Waals surface area contributed by atoms with E-state index < -0.39 is 36.2 Å². The minimum atomic E-state index is -4.69. The van der Waals surface area contributed by atoms with E-state index in [1.807, 2.05) is 0 Å². The standard InChI is InChI=1S/C21H17F4NO3/c22-14-8-12(7-13(9-14)21(23,24)25)16-3-1-5-18-17(16)4-2-6-19(18)20(29)26-10-15(28)11-27/h1-9,15,27-28H,10-11H2,(H,26,29). The van der Waals surface area contributed by atoms with Crippen LogP contribution in [0.4, 0.5) is 17.6 Å². The molecule has 0 saturated carbocycles. The van der Waals surface area contributed by atoms with E-state index in [9.17, 15) is 27.5 Å². The fourth-order valence-electron chi connectivity index (χ4n) is 3.04. The van der Waals surface area contributed by atoms with Gasteiger partial charge in [-0.2, -0.15) is 13.2 Å². The van der Waals surface area contributed by atoms with Gasteiger partial charge in [0.25, 0.3) is 5.91 Å². The van der Waals surface area contributed by atoms with Gasteiger partial charge in [0.05, 0.1) is 18.3 Å². The van der Waals surface area contributed by atoms with Crippen molar-refractivity contribution in [3.05, 3.63) is 71.5 Å². The molecule has 0 aliphatic carbocycles. The molecule has 0 radical (unpaired) electrons. The number of amides is 1. The molecule has 0 aliphatic heterocycles. The number of fused-ring (bicyclic) bond motifs is 1. The highest BCUT2D eigenvalue weighted by molar-refractivity contribution is 6.10. The summed E-state index contributed by atoms with van der Waals surface area (Å²) in [7, 11) is 0. The van der Waals surface area contributed by atoms with Crippen molar-refractivity contribution in [2.45, 2.75) is 12.3 Å². The Morgan fingerprint density at radius 3 is 2.41 bits per heavy atom. The molecule has 1 atom stereocenters. The summed E-state index contributed by atoms with van der Waals surface area (Å²) >= 11 is 0. The molecule has 152 valence electrons. The van der Waals surface area contributed by atoms with Crippen LogP contribution < -0.4 is 5.32 Å². The predicted molar refractivity (Wildman–Crippen MR) is 99.8 cm³/mol. The molecule has 0 saturated heterocycles. The Morgan fingerprint density at radius 2 is 1.72 bits per heavy atom. The SMILES string of the molecule is O=C(NCC(O)CO)c1cccc2c(-c3cc(F)cc(C(F)(F)F)c3)cccc12. The van der Waals surface area contributed by atoms with Crippen LogP contribution in [-0.2, 0) is 6.18 Å². The van der Waals surface area contributed by atoms with Crippen molar-refractivity contribution in [3.63, 3.8) is 0 Å². The topological polar surface area (TPSA) is 69.6 Å². The van der Waals surface area contributed by atoms with Crippen LogP contribution in [-0.4, -0.2) is 35.4 Å². The third-order valence-electron chi connectivity index (χ3n) is 4.41. The molecular weight excluding hydrogens is 390 g/mol. The molecule has 0 bridgehead atoms. The summed E-state index contributed by atoms with van der Waals surface area (Å²) in [6.45, 7) is -0.675. The smallest absolute Gasteiger partial charge is 0.394 e. The van der Waals surface area contributed by atoms with Gasteiger partial charge in [0.1, 0.15) is 5.82 Å². The molecule has 0 fully saturated rings. The van der Waals surface area contributed by atoms with E-state index in [1.165, 1.54) is 6.07 Å². The van der Waals surface area contributed by atoms with Gasteiger partial charge in [0.2, 0.25) is 0 Å². The van der Waals surface area contributed by atoms with Crippen molar-refractivity contribution in [2.75, 3.05) is 13.2 Å². The molecule has 3 aromatic carbocycles. The number of hydrogen-bond donors (Lipinski definition) is 3. The van der Waals surface area contributed by atoms with E-state index in [4.69, 9.17) is 5.11 Å². The summed E-state index contributed by atoms with van der Waals surface area (Å²) < 4.78 is 53.1. The molecule has 0 heterocycles. The molecule has 3 N–H and O–H groups in total. The van der Waals surface area contributed by atoms with Gasteiger partial charge >= 0.3 is 6.18 Å². The largest absolute Gasteiger partial charge is 0.416 e. The lowest BCUT2D eigenvalue weighted by Gasteiger charge is -2.14. The average molecular weight is 407 g/mol. The summed E-state index contributed by atoms with van der Waals surface area (Å²) in [5, 5.41) is 21.6. The van der Waals surface area contributed by atoms with Crippen molar-refractivity contribution < 1.29 is 32.6 Å². The summed E-state index contributed by atoms with van der Waals surface area (Å²) in [6.07, 6.45) is -5.81. The van der Waals surface area contributed by atoms with Crippen molar-refractivity contribution in [2.24, 2.45) is 0 Å². The van der Waals surface area contributed by atoms with E-state index in [0.717, 1.165) is 12.1 Å². The number of benzene rings is 3. The number of aliphatic hydroxyl groups excluding tert-OH is 2. The normalized spacial score (nSPS) is 12.8. The maximum atomic E-state index is 13.9. The second-order valence-electron chi connectivity index (χ2n) is 6.48. The first-order valence-corrected chi connectivity index (χ1v) is 8.67. The Labute approximate surface area is 163 Å². The molecular formula is C21H17F4NO3. The van der Waals surface area contributed by atoms with Gasteiger partial charge in [-0.1, -0.05) is 30.3 Å². The molecule has 4 nitrogen and oxygen atoms in total. The van der Waals surface area contributed by atoms with Crippen LogP contribution in [0.2, 0.25) is 0 Å². The van der Waals surface area contributed by atoms with Crippen molar-refractivity contribution >= 4 is 16.7 Å². The lowest BCUT2D eigenvalue weighted by atomic mass is 9.94. The first-order chi connectivity index (χ1) is 13.7. The van der Waals surface area contributed by atoms with Gasteiger partial charge in [0.15, 0.2) is 0 Å². The lowest BCUT2D eigenvalue weighted by molar-refractivity contribution is -0.137. The Balaban J connectivity index is 2.08. The minimum Gasteiger partial charge on any atom is -0.394 e. The number of rotatable bonds is 5. The molecule has 3 rings (SSSR count). The molecule has 0 spiro atoms. The van der Waals surface area contributed by atoms with E-state index in [1.54, 1.807) is 30.3 Å². The molecule has 29 heavy (non-hydrogen) atoms. The zero-order chi connectivity index (χ0) is 21.2. The number of carbonyl (C=O) groups is 1. The molecule has 1 unspecified atom stereocenters. The Hall–Kier alpha value is -2.97. The highest BCUT2D eigenvalue weighted by Crippen LogP contribution is 2.36. The van der Waals surface area contributed by atoms with Gasteiger partial charge < -0.3 is 15.5 Å². The average Bonchev–Trinajstić information content (AvgIpc) is 2.69. The van der Waals surface area contributed by atoms with Gasteiger partial charge in [-0.3, -0.25) is 4.79 Å². The second kappa shape index (κ2) is 8.18. The van der Waals surface area contributed by atoms with Crippen LogP contribution in [0.25, 0.3) is 21.9 Å². The number of aliphatic hydroxyl groups is 2. The fraction of sp³-hybridized carbons (Fsp3) is 0.190. The maximum absolute atomic E-state index is 13.9. The summed E-state index contributed by atoms with van der Waals surface area (Å²) in [6, 6.07) is 11.8. The summed E-state index contributed by atoms with van der Waals surface area (Å²) in [5.41, 5.74) is -0.480. The fourth-order valence-corrected chi connectivity index (χ4v) is 3.04. The molecule has 0 aliphatic rings. The van der Waals surface area contributed by atoms with Crippen molar-refractivity contribution in [1.82, 2.24) is 5.32 Å². The van der Waals surface area contributed by atoms with Crippen LogP contribution in [0.3, 0.4) is 0 Å². The zero-order valence-corrected chi connectivity index (χ0v) is 15.0. The summed E-state index contributed by atoms with van der Waals surface area (Å²) in [4.78, 5) is 12.5. The highest BCUT2D eigenvalue weighted by atomic mass is 19.4. The first kappa shape index (κ1) is 20.8. The minimum absolute atomic E-state index is 0.0381. The van der Waals surface area contributed by atoms with E-state index >= 15 is 0 Å². The Bertz CT molecular complexity index is 1050. The number of alkyl halides is 3.